The minimum absolute atomic E-state index is 0.0625. The quantitative estimate of drug-likeness (QED) is 0.838. The van der Waals surface area contributed by atoms with E-state index < -0.39 is 0 Å². The van der Waals surface area contributed by atoms with Gasteiger partial charge in [-0.1, -0.05) is 41.4 Å². The molecule has 3 nitrogen and oxygen atoms in total. The maximum atomic E-state index is 12.2. The summed E-state index contributed by atoms with van der Waals surface area (Å²) in [7, 11) is 0. The Balaban J connectivity index is 2.04. The normalized spacial score (nSPS) is 12.0. The van der Waals surface area contributed by atoms with Crippen LogP contribution < -0.4 is 11.1 Å². The van der Waals surface area contributed by atoms with Crippen LogP contribution in [0.3, 0.4) is 0 Å². The van der Waals surface area contributed by atoms with Crippen LogP contribution in [-0.4, -0.2) is 11.9 Å². The lowest BCUT2D eigenvalue weighted by Crippen LogP contribution is -2.34. The monoisotopic (exact) mass is 322 g/mol. The van der Waals surface area contributed by atoms with E-state index in [-0.39, 0.29) is 11.9 Å². The Hall–Kier alpha value is -1.71. The van der Waals surface area contributed by atoms with Crippen molar-refractivity contribution in [1.82, 2.24) is 5.32 Å². The third kappa shape index (κ3) is 4.13. The fraction of sp³-hybridized carbons (Fsp3) is 0.188. The van der Waals surface area contributed by atoms with E-state index in [1.54, 1.807) is 18.2 Å². The van der Waals surface area contributed by atoms with Crippen LogP contribution in [0.25, 0.3) is 0 Å². The fourth-order valence-electron chi connectivity index (χ4n) is 2.09. The standard InChI is InChI=1S/C16H16Cl2N2O/c1-10(8-11-4-2-3-5-14(11)18)20-16(21)13-7-6-12(17)9-15(13)19/h2-7,9-10H,8,19H2,1H3,(H,20,21). The van der Waals surface area contributed by atoms with Crippen molar-refractivity contribution >= 4 is 34.8 Å². The van der Waals surface area contributed by atoms with Crippen LogP contribution in [-0.2, 0) is 6.42 Å². The molecule has 21 heavy (non-hydrogen) atoms. The van der Waals surface area contributed by atoms with Crippen LogP contribution in [0.2, 0.25) is 10.0 Å². The Morgan fingerprint density at radius 1 is 1.24 bits per heavy atom. The minimum Gasteiger partial charge on any atom is -0.398 e. The van der Waals surface area contributed by atoms with E-state index in [9.17, 15) is 4.79 Å². The largest absolute Gasteiger partial charge is 0.398 e. The molecule has 0 fully saturated rings. The van der Waals surface area contributed by atoms with Crippen LogP contribution in [0, 0.1) is 0 Å². The van der Waals surface area contributed by atoms with Gasteiger partial charge in [0.15, 0.2) is 0 Å². The number of amides is 1. The molecular formula is C16H16Cl2N2O. The van der Waals surface area contributed by atoms with Crippen molar-refractivity contribution in [2.24, 2.45) is 0 Å². The summed E-state index contributed by atoms with van der Waals surface area (Å²) in [4.78, 5) is 12.2. The molecule has 0 aliphatic rings. The molecular weight excluding hydrogens is 307 g/mol. The predicted molar refractivity (Wildman–Crippen MR) is 87.9 cm³/mol. The zero-order chi connectivity index (χ0) is 15.4. The van der Waals surface area contributed by atoms with Crippen molar-refractivity contribution in [2.75, 3.05) is 5.73 Å². The Morgan fingerprint density at radius 3 is 2.62 bits per heavy atom. The molecule has 0 heterocycles. The van der Waals surface area contributed by atoms with E-state index in [4.69, 9.17) is 28.9 Å². The predicted octanol–water partition coefficient (Wildman–Crippen LogP) is 3.94. The number of hydrogen-bond acceptors (Lipinski definition) is 2. The van der Waals surface area contributed by atoms with Crippen LogP contribution in [0.5, 0.6) is 0 Å². The van der Waals surface area contributed by atoms with Gasteiger partial charge < -0.3 is 11.1 Å². The van der Waals surface area contributed by atoms with Crippen LogP contribution in [0.1, 0.15) is 22.8 Å². The number of halogens is 2. The van der Waals surface area contributed by atoms with E-state index in [1.165, 1.54) is 0 Å². The highest BCUT2D eigenvalue weighted by molar-refractivity contribution is 6.31. The van der Waals surface area contributed by atoms with Gasteiger partial charge in [0.2, 0.25) is 0 Å². The Kier molecular flexibility index (Phi) is 5.10. The number of anilines is 1. The topological polar surface area (TPSA) is 55.1 Å². The highest BCUT2D eigenvalue weighted by atomic mass is 35.5. The highest BCUT2D eigenvalue weighted by Gasteiger charge is 2.14. The fourth-order valence-corrected chi connectivity index (χ4v) is 2.48. The summed E-state index contributed by atoms with van der Waals surface area (Å²) in [5.74, 6) is -0.219. The zero-order valence-corrected chi connectivity index (χ0v) is 13.1. The van der Waals surface area contributed by atoms with Gasteiger partial charge in [-0.15, -0.1) is 0 Å². The number of nitrogens with two attached hydrogens (primary N) is 1. The van der Waals surface area contributed by atoms with Crippen molar-refractivity contribution < 1.29 is 4.79 Å². The number of nitrogens with one attached hydrogen (secondary N) is 1. The summed E-state index contributed by atoms with van der Waals surface area (Å²) >= 11 is 11.9. The lowest BCUT2D eigenvalue weighted by molar-refractivity contribution is 0.0941. The third-order valence-electron chi connectivity index (χ3n) is 3.12. The second-order valence-electron chi connectivity index (χ2n) is 4.90. The van der Waals surface area contributed by atoms with Gasteiger partial charge in [-0.3, -0.25) is 4.79 Å². The van der Waals surface area contributed by atoms with E-state index >= 15 is 0 Å². The van der Waals surface area contributed by atoms with Gasteiger partial charge >= 0.3 is 0 Å². The van der Waals surface area contributed by atoms with Gasteiger partial charge in [-0.25, -0.2) is 0 Å². The van der Waals surface area contributed by atoms with Crippen molar-refractivity contribution in [3.63, 3.8) is 0 Å². The molecule has 3 N–H and O–H groups in total. The molecule has 5 heteroatoms. The molecule has 0 spiro atoms. The van der Waals surface area contributed by atoms with Crippen LogP contribution in [0.15, 0.2) is 42.5 Å². The smallest absolute Gasteiger partial charge is 0.253 e. The molecule has 0 aliphatic heterocycles. The Bertz CT molecular complexity index is 658. The molecule has 0 aliphatic carbocycles. The van der Waals surface area contributed by atoms with Gasteiger partial charge in [-0.05, 0) is 43.2 Å². The summed E-state index contributed by atoms with van der Waals surface area (Å²) in [6.45, 7) is 1.92. The number of carbonyl (C=O) groups is 1. The lowest BCUT2D eigenvalue weighted by Gasteiger charge is -2.15. The van der Waals surface area contributed by atoms with Crippen molar-refractivity contribution in [3.8, 4) is 0 Å². The number of nitrogen functional groups attached to an aromatic ring is 1. The Labute approximate surface area is 134 Å². The highest BCUT2D eigenvalue weighted by Crippen LogP contribution is 2.19. The first-order valence-corrected chi connectivity index (χ1v) is 7.32. The number of carbonyl (C=O) groups excluding carboxylic acids is 1. The van der Waals surface area contributed by atoms with E-state index in [0.717, 1.165) is 5.56 Å². The summed E-state index contributed by atoms with van der Waals surface area (Å²) in [5, 5.41) is 4.12. The molecule has 1 unspecified atom stereocenters. The van der Waals surface area contributed by atoms with Gasteiger partial charge in [0, 0.05) is 21.8 Å². The van der Waals surface area contributed by atoms with E-state index in [2.05, 4.69) is 5.32 Å². The Morgan fingerprint density at radius 2 is 1.95 bits per heavy atom. The second-order valence-corrected chi connectivity index (χ2v) is 5.75. The number of rotatable bonds is 4. The molecule has 110 valence electrons. The average molecular weight is 323 g/mol. The van der Waals surface area contributed by atoms with Crippen molar-refractivity contribution in [1.29, 1.82) is 0 Å². The lowest BCUT2D eigenvalue weighted by atomic mass is 10.1. The molecule has 0 saturated carbocycles. The molecule has 0 saturated heterocycles. The molecule has 1 atom stereocenters. The molecule has 2 aromatic carbocycles. The number of hydrogen-bond donors (Lipinski definition) is 2. The minimum atomic E-state index is -0.219. The van der Waals surface area contributed by atoms with Crippen LogP contribution >= 0.6 is 23.2 Å². The SMILES string of the molecule is CC(Cc1ccccc1Cl)NC(=O)c1ccc(Cl)cc1N. The first-order chi connectivity index (χ1) is 9.97. The number of benzene rings is 2. The molecule has 2 rings (SSSR count). The van der Waals surface area contributed by atoms with Gasteiger partial charge in [0.05, 0.1) is 5.56 Å². The summed E-state index contributed by atoms with van der Waals surface area (Å²) in [6.07, 6.45) is 0.652. The molecule has 1 amide bonds. The summed E-state index contributed by atoms with van der Waals surface area (Å²) in [6, 6.07) is 12.4. The first-order valence-electron chi connectivity index (χ1n) is 6.56. The summed E-state index contributed by atoms with van der Waals surface area (Å²) in [5.41, 5.74) is 7.59. The average Bonchev–Trinajstić information content (AvgIpc) is 2.41. The first kappa shape index (κ1) is 15.7. The van der Waals surface area contributed by atoms with Crippen molar-refractivity contribution in [2.45, 2.75) is 19.4 Å². The molecule has 0 aromatic heterocycles. The van der Waals surface area contributed by atoms with Gasteiger partial charge in [0.25, 0.3) is 5.91 Å². The van der Waals surface area contributed by atoms with E-state index in [0.29, 0.717) is 27.7 Å². The van der Waals surface area contributed by atoms with Crippen molar-refractivity contribution in [3.05, 3.63) is 63.6 Å². The molecule has 2 aromatic rings. The van der Waals surface area contributed by atoms with Gasteiger partial charge in [-0.2, -0.15) is 0 Å². The maximum absolute atomic E-state index is 12.2. The third-order valence-corrected chi connectivity index (χ3v) is 3.72. The second kappa shape index (κ2) is 6.83. The van der Waals surface area contributed by atoms with Gasteiger partial charge in [0.1, 0.15) is 0 Å². The zero-order valence-electron chi connectivity index (χ0n) is 11.6. The molecule has 0 bridgehead atoms. The van der Waals surface area contributed by atoms with E-state index in [1.807, 2.05) is 31.2 Å². The molecule has 0 radical (unpaired) electrons. The van der Waals surface area contributed by atoms with Crippen LogP contribution in [0.4, 0.5) is 5.69 Å². The maximum Gasteiger partial charge on any atom is 0.253 e. The summed E-state index contributed by atoms with van der Waals surface area (Å²) < 4.78 is 0.